The second-order valence-corrected chi connectivity index (χ2v) is 10.0. The molecule has 0 saturated heterocycles. The lowest BCUT2D eigenvalue weighted by atomic mass is 10.3. The molecule has 1 N–H and O–H groups in total. The van der Waals surface area contributed by atoms with Gasteiger partial charge in [-0.2, -0.15) is 0 Å². The Morgan fingerprint density at radius 1 is 1.18 bits per heavy atom. The van der Waals surface area contributed by atoms with Crippen LogP contribution in [0.2, 0.25) is 5.02 Å². The number of carbonyl (C=O) groups is 2. The molecule has 0 bridgehead atoms. The fourth-order valence-electron chi connectivity index (χ4n) is 2.28. The number of nitrogens with one attached hydrogen (secondary N) is 1. The van der Waals surface area contributed by atoms with E-state index in [-0.39, 0.29) is 23.0 Å². The van der Waals surface area contributed by atoms with Crippen LogP contribution >= 0.6 is 11.6 Å². The highest BCUT2D eigenvalue weighted by Crippen LogP contribution is 2.28. The van der Waals surface area contributed by atoms with Gasteiger partial charge in [0.25, 0.3) is 10.0 Å². The minimum Gasteiger partial charge on any atom is -0.461 e. The molecule has 2 rings (SSSR count). The molecule has 12 heteroatoms. The van der Waals surface area contributed by atoms with Crippen LogP contribution in [-0.2, 0) is 29.4 Å². The molecule has 0 atom stereocenters. The van der Waals surface area contributed by atoms with Crippen molar-refractivity contribution in [1.82, 2.24) is 3.97 Å². The zero-order valence-electron chi connectivity index (χ0n) is 14.9. The summed E-state index contributed by atoms with van der Waals surface area (Å²) < 4.78 is 54.3. The summed E-state index contributed by atoms with van der Waals surface area (Å²) in [6, 6.07) is 6.25. The van der Waals surface area contributed by atoms with Gasteiger partial charge < -0.3 is 10.1 Å². The van der Waals surface area contributed by atoms with Gasteiger partial charge in [-0.25, -0.2) is 25.6 Å². The number of sulfone groups is 1. The van der Waals surface area contributed by atoms with E-state index in [1.807, 2.05) is 0 Å². The van der Waals surface area contributed by atoms with Crippen LogP contribution in [0.3, 0.4) is 0 Å². The summed E-state index contributed by atoms with van der Waals surface area (Å²) in [5.41, 5.74) is -0.420. The molecule has 1 aromatic heterocycles. The first-order chi connectivity index (χ1) is 13.0. The van der Waals surface area contributed by atoms with Crippen LogP contribution in [-0.4, -0.2) is 51.3 Å². The smallest absolute Gasteiger partial charge is 0.355 e. The normalized spacial score (nSPS) is 11.8. The van der Waals surface area contributed by atoms with E-state index in [1.54, 1.807) is 6.92 Å². The fourth-order valence-corrected chi connectivity index (χ4v) is 4.58. The molecule has 2 aromatic rings. The highest BCUT2D eigenvalue weighted by atomic mass is 35.5. The van der Waals surface area contributed by atoms with Crippen molar-refractivity contribution in [1.29, 1.82) is 0 Å². The van der Waals surface area contributed by atoms with Crippen molar-refractivity contribution in [2.45, 2.75) is 11.8 Å². The standard InChI is InChI=1S/C16H17ClN2O7S2/c1-3-26-16(21)13-5-4-8-19(13)28(24,25)14-9-11(17)6-7-12(14)18-15(20)10-27(2,22)23/h4-9H,3,10H2,1-2H3,(H,18,20). The molecule has 152 valence electrons. The van der Waals surface area contributed by atoms with Gasteiger partial charge in [0.2, 0.25) is 5.91 Å². The third-order valence-corrected chi connectivity index (χ3v) is 6.10. The second-order valence-electron chi connectivity index (χ2n) is 5.67. The van der Waals surface area contributed by atoms with Gasteiger partial charge in [-0.05, 0) is 37.3 Å². The Kier molecular flexibility index (Phi) is 6.52. The van der Waals surface area contributed by atoms with E-state index < -0.39 is 42.4 Å². The van der Waals surface area contributed by atoms with Crippen molar-refractivity contribution >= 4 is 49.0 Å². The molecular weight excluding hydrogens is 432 g/mol. The SMILES string of the molecule is CCOC(=O)c1cccn1S(=O)(=O)c1cc(Cl)ccc1NC(=O)CS(C)(=O)=O. The molecule has 0 spiro atoms. The molecule has 1 aromatic carbocycles. The third-order valence-electron chi connectivity index (χ3n) is 3.35. The molecular formula is C16H17ClN2O7S2. The van der Waals surface area contributed by atoms with Crippen LogP contribution in [0.15, 0.2) is 41.4 Å². The number of anilines is 1. The Hall–Kier alpha value is -2.37. The minimum atomic E-state index is -4.36. The Bertz CT molecular complexity index is 1120. The largest absolute Gasteiger partial charge is 0.461 e. The number of benzene rings is 1. The van der Waals surface area contributed by atoms with Crippen LogP contribution in [0.25, 0.3) is 0 Å². The van der Waals surface area contributed by atoms with Crippen LogP contribution in [0, 0.1) is 0 Å². The number of hydrogen-bond donors (Lipinski definition) is 1. The zero-order valence-corrected chi connectivity index (χ0v) is 17.3. The van der Waals surface area contributed by atoms with Gasteiger partial charge >= 0.3 is 5.97 Å². The summed E-state index contributed by atoms with van der Waals surface area (Å²) >= 11 is 5.91. The lowest BCUT2D eigenvalue weighted by Crippen LogP contribution is -2.24. The molecule has 28 heavy (non-hydrogen) atoms. The molecule has 0 saturated carbocycles. The van der Waals surface area contributed by atoms with Gasteiger partial charge in [0.1, 0.15) is 16.3 Å². The van der Waals surface area contributed by atoms with Crippen LogP contribution < -0.4 is 5.32 Å². The van der Waals surface area contributed by atoms with Crippen LogP contribution in [0.4, 0.5) is 5.69 Å². The van der Waals surface area contributed by atoms with Crippen molar-refractivity contribution < 1.29 is 31.2 Å². The van der Waals surface area contributed by atoms with E-state index in [1.165, 1.54) is 24.3 Å². The molecule has 0 unspecified atom stereocenters. The summed E-state index contributed by atoms with van der Waals surface area (Å²) in [6.45, 7) is 1.63. The maximum Gasteiger partial charge on any atom is 0.355 e. The quantitative estimate of drug-likeness (QED) is 0.636. The Morgan fingerprint density at radius 2 is 1.86 bits per heavy atom. The van der Waals surface area contributed by atoms with Crippen molar-refractivity contribution in [3.8, 4) is 0 Å². The average Bonchev–Trinajstić information content (AvgIpc) is 3.05. The fraction of sp³-hybridized carbons (Fsp3) is 0.250. The van der Waals surface area contributed by atoms with Crippen molar-refractivity contribution in [2.24, 2.45) is 0 Å². The first-order valence-electron chi connectivity index (χ1n) is 7.83. The van der Waals surface area contributed by atoms with E-state index in [2.05, 4.69) is 5.32 Å². The predicted molar refractivity (Wildman–Crippen MR) is 103 cm³/mol. The maximum absolute atomic E-state index is 13.1. The van der Waals surface area contributed by atoms with Gasteiger partial charge in [-0.15, -0.1) is 0 Å². The van der Waals surface area contributed by atoms with E-state index >= 15 is 0 Å². The zero-order chi connectivity index (χ0) is 21.1. The third kappa shape index (κ3) is 5.12. The summed E-state index contributed by atoms with van der Waals surface area (Å²) in [6.07, 6.45) is 2.02. The monoisotopic (exact) mass is 448 g/mol. The van der Waals surface area contributed by atoms with Crippen molar-refractivity contribution in [2.75, 3.05) is 23.9 Å². The minimum absolute atomic E-state index is 0.0496. The van der Waals surface area contributed by atoms with Crippen molar-refractivity contribution in [3.05, 3.63) is 47.2 Å². The number of halogens is 1. The van der Waals surface area contributed by atoms with Crippen molar-refractivity contribution in [3.63, 3.8) is 0 Å². The van der Waals surface area contributed by atoms with Crippen LogP contribution in [0.5, 0.6) is 0 Å². The molecule has 1 heterocycles. The Labute approximate surface area is 167 Å². The maximum atomic E-state index is 13.1. The molecule has 0 fully saturated rings. The van der Waals surface area contributed by atoms with E-state index in [4.69, 9.17) is 16.3 Å². The summed E-state index contributed by atoms with van der Waals surface area (Å²) in [5, 5.41) is 2.31. The van der Waals surface area contributed by atoms with Gasteiger partial charge in [0.15, 0.2) is 9.84 Å². The number of aromatic nitrogens is 1. The van der Waals surface area contributed by atoms with E-state index in [0.717, 1.165) is 18.5 Å². The first kappa shape index (κ1) is 21.9. The Morgan fingerprint density at radius 3 is 2.46 bits per heavy atom. The van der Waals surface area contributed by atoms with Gasteiger partial charge in [0.05, 0.1) is 12.3 Å². The molecule has 9 nitrogen and oxygen atoms in total. The number of hydrogen-bond acceptors (Lipinski definition) is 7. The predicted octanol–water partition coefficient (Wildman–Crippen LogP) is 1.54. The number of amides is 1. The molecule has 0 radical (unpaired) electrons. The molecule has 0 aliphatic carbocycles. The highest BCUT2D eigenvalue weighted by Gasteiger charge is 2.27. The van der Waals surface area contributed by atoms with Gasteiger partial charge in [0, 0.05) is 17.5 Å². The number of ether oxygens (including phenoxy) is 1. The van der Waals surface area contributed by atoms with Gasteiger partial charge in [-0.1, -0.05) is 11.6 Å². The average molecular weight is 449 g/mol. The molecule has 0 aliphatic rings. The topological polar surface area (TPSA) is 129 Å². The second kappa shape index (κ2) is 8.33. The summed E-state index contributed by atoms with van der Waals surface area (Å²) in [5.74, 6) is -2.59. The Balaban J connectivity index is 2.52. The molecule has 0 aliphatic heterocycles. The summed E-state index contributed by atoms with van der Waals surface area (Å²) in [7, 11) is -7.99. The lowest BCUT2D eigenvalue weighted by molar-refractivity contribution is -0.113. The summed E-state index contributed by atoms with van der Waals surface area (Å²) in [4.78, 5) is 23.5. The number of carbonyl (C=O) groups excluding carboxylic acids is 2. The van der Waals surface area contributed by atoms with Crippen LogP contribution in [0.1, 0.15) is 17.4 Å². The highest BCUT2D eigenvalue weighted by molar-refractivity contribution is 7.91. The number of nitrogens with zero attached hydrogens (tertiary/aromatic N) is 1. The van der Waals surface area contributed by atoms with E-state index in [0.29, 0.717) is 3.97 Å². The number of esters is 1. The van der Waals surface area contributed by atoms with Gasteiger partial charge in [-0.3, -0.25) is 4.79 Å². The lowest BCUT2D eigenvalue weighted by Gasteiger charge is -2.14. The first-order valence-corrected chi connectivity index (χ1v) is 11.7. The van der Waals surface area contributed by atoms with E-state index in [9.17, 15) is 26.4 Å². The molecule has 1 amide bonds. The number of rotatable bonds is 7.